The lowest BCUT2D eigenvalue weighted by atomic mass is 9.99. The van der Waals surface area contributed by atoms with Crippen molar-refractivity contribution in [3.05, 3.63) is 47.1 Å². The maximum Gasteiger partial charge on any atom is 0.251 e. The molecule has 2 bridgehead atoms. The zero-order chi connectivity index (χ0) is 20.1. The number of nitrogens with one attached hydrogen (secondary N) is 1. The smallest absolute Gasteiger partial charge is 0.251 e. The standard InChI is InChI=1S/C19H22FN3O4S/c1-11-18(12(2)27-22-11)28(25,26)23-16-7-8-17(23)10-15(9-16)21-19(24)13-3-5-14(20)6-4-13/h3-6,15-17H,7-10H2,1-2H3,(H,21,24). The molecule has 7 nitrogen and oxygen atoms in total. The number of carbonyl (C=O) groups is 1. The van der Waals surface area contributed by atoms with Crippen molar-refractivity contribution in [2.45, 2.75) is 62.6 Å². The molecular formula is C19H22FN3O4S. The van der Waals surface area contributed by atoms with E-state index in [1.165, 1.54) is 24.3 Å². The van der Waals surface area contributed by atoms with E-state index in [9.17, 15) is 17.6 Å². The minimum absolute atomic E-state index is 0.119. The molecule has 2 saturated heterocycles. The van der Waals surface area contributed by atoms with Gasteiger partial charge in [-0.2, -0.15) is 4.31 Å². The molecule has 0 radical (unpaired) electrons. The van der Waals surface area contributed by atoms with Crippen molar-refractivity contribution in [1.29, 1.82) is 0 Å². The molecule has 1 aromatic carbocycles. The Bertz CT molecular complexity index is 969. The molecule has 2 atom stereocenters. The maximum atomic E-state index is 13.2. The van der Waals surface area contributed by atoms with E-state index in [-0.39, 0.29) is 28.9 Å². The number of rotatable bonds is 4. The Morgan fingerprint density at radius 2 is 1.79 bits per heavy atom. The fraction of sp³-hybridized carbons (Fsp3) is 0.474. The molecular weight excluding hydrogens is 385 g/mol. The van der Waals surface area contributed by atoms with Gasteiger partial charge < -0.3 is 9.84 Å². The number of fused-ring (bicyclic) bond motifs is 2. The Morgan fingerprint density at radius 1 is 1.18 bits per heavy atom. The Balaban J connectivity index is 1.50. The molecule has 2 aliphatic heterocycles. The number of halogens is 1. The van der Waals surface area contributed by atoms with Crippen molar-refractivity contribution in [2.24, 2.45) is 0 Å². The molecule has 2 unspecified atom stereocenters. The molecule has 0 spiro atoms. The molecule has 0 aliphatic carbocycles. The van der Waals surface area contributed by atoms with Crippen LogP contribution in [0.25, 0.3) is 0 Å². The van der Waals surface area contributed by atoms with Gasteiger partial charge in [-0.1, -0.05) is 5.16 Å². The average molecular weight is 407 g/mol. The number of aromatic nitrogens is 1. The Labute approximate surface area is 162 Å². The van der Waals surface area contributed by atoms with Crippen LogP contribution in [0.1, 0.15) is 47.5 Å². The average Bonchev–Trinajstić information content (AvgIpc) is 3.13. The second kappa shape index (κ2) is 6.97. The lowest BCUT2D eigenvalue weighted by Gasteiger charge is -2.38. The molecule has 1 amide bonds. The van der Waals surface area contributed by atoms with Crippen LogP contribution < -0.4 is 5.32 Å². The number of amides is 1. The third kappa shape index (κ3) is 3.22. The summed E-state index contributed by atoms with van der Waals surface area (Å²) in [4.78, 5) is 12.6. The minimum atomic E-state index is -3.70. The summed E-state index contributed by atoms with van der Waals surface area (Å²) in [6.45, 7) is 3.23. The highest BCUT2D eigenvalue weighted by molar-refractivity contribution is 7.89. The predicted molar refractivity (Wildman–Crippen MR) is 98.7 cm³/mol. The molecule has 3 heterocycles. The van der Waals surface area contributed by atoms with Gasteiger partial charge in [0.25, 0.3) is 5.91 Å². The predicted octanol–water partition coefficient (Wildman–Crippen LogP) is 2.54. The molecule has 2 aliphatic rings. The topological polar surface area (TPSA) is 92.5 Å². The van der Waals surface area contributed by atoms with Gasteiger partial charge in [0.1, 0.15) is 16.4 Å². The van der Waals surface area contributed by atoms with Crippen LogP contribution in [-0.2, 0) is 10.0 Å². The molecule has 4 rings (SSSR count). The molecule has 1 N–H and O–H groups in total. The number of benzene rings is 1. The lowest BCUT2D eigenvalue weighted by molar-refractivity contribution is 0.0909. The van der Waals surface area contributed by atoms with Crippen LogP contribution >= 0.6 is 0 Å². The van der Waals surface area contributed by atoms with E-state index in [1.54, 1.807) is 18.2 Å². The first-order chi connectivity index (χ1) is 13.3. The van der Waals surface area contributed by atoms with Crippen LogP contribution in [0.15, 0.2) is 33.7 Å². The van der Waals surface area contributed by atoms with Crippen molar-refractivity contribution in [2.75, 3.05) is 0 Å². The first kappa shape index (κ1) is 19.1. The zero-order valence-electron chi connectivity index (χ0n) is 15.7. The van der Waals surface area contributed by atoms with Crippen LogP contribution in [0.2, 0.25) is 0 Å². The first-order valence-electron chi connectivity index (χ1n) is 9.30. The van der Waals surface area contributed by atoms with Gasteiger partial charge >= 0.3 is 0 Å². The van der Waals surface area contributed by atoms with Crippen molar-refractivity contribution in [3.63, 3.8) is 0 Å². The van der Waals surface area contributed by atoms with E-state index >= 15 is 0 Å². The first-order valence-corrected chi connectivity index (χ1v) is 10.7. The molecule has 2 fully saturated rings. The monoisotopic (exact) mass is 407 g/mol. The van der Waals surface area contributed by atoms with Crippen LogP contribution in [0.4, 0.5) is 4.39 Å². The second-order valence-electron chi connectivity index (χ2n) is 7.52. The van der Waals surface area contributed by atoms with Crippen LogP contribution in [-0.4, -0.2) is 41.9 Å². The molecule has 9 heteroatoms. The summed E-state index contributed by atoms with van der Waals surface area (Å²) in [5, 5.41) is 6.75. The Hall–Kier alpha value is -2.26. The van der Waals surface area contributed by atoms with Crippen molar-refractivity contribution in [1.82, 2.24) is 14.8 Å². The number of carbonyl (C=O) groups excluding carboxylic acids is 1. The molecule has 1 aromatic heterocycles. The third-order valence-electron chi connectivity index (χ3n) is 5.61. The van der Waals surface area contributed by atoms with E-state index in [1.807, 2.05) is 0 Å². The number of nitrogens with zero attached hydrogens (tertiary/aromatic N) is 2. The molecule has 150 valence electrons. The van der Waals surface area contributed by atoms with Gasteiger partial charge in [-0.05, 0) is 63.8 Å². The SMILES string of the molecule is Cc1noc(C)c1S(=O)(=O)N1C2CCC1CC(NC(=O)c1ccc(F)cc1)C2. The van der Waals surface area contributed by atoms with Gasteiger partial charge in [-0.3, -0.25) is 4.79 Å². The lowest BCUT2D eigenvalue weighted by Crippen LogP contribution is -2.52. The van der Waals surface area contributed by atoms with Gasteiger partial charge in [-0.15, -0.1) is 0 Å². The highest BCUT2D eigenvalue weighted by Gasteiger charge is 2.48. The van der Waals surface area contributed by atoms with Crippen LogP contribution in [0, 0.1) is 19.7 Å². The summed E-state index contributed by atoms with van der Waals surface area (Å²) < 4.78 is 46.2. The summed E-state index contributed by atoms with van der Waals surface area (Å²) in [6, 6.07) is 4.92. The van der Waals surface area contributed by atoms with Crippen molar-refractivity contribution in [3.8, 4) is 0 Å². The van der Waals surface area contributed by atoms with Gasteiger partial charge in [0.05, 0.1) is 0 Å². The largest absolute Gasteiger partial charge is 0.360 e. The fourth-order valence-corrected chi connectivity index (χ4v) is 6.65. The van der Waals surface area contributed by atoms with Gasteiger partial charge in [0.2, 0.25) is 10.0 Å². The second-order valence-corrected chi connectivity index (χ2v) is 9.30. The fourth-order valence-electron chi connectivity index (χ4n) is 4.46. The highest BCUT2D eigenvalue weighted by Crippen LogP contribution is 2.41. The molecule has 0 saturated carbocycles. The van der Waals surface area contributed by atoms with E-state index in [0.29, 0.717) is 29.9 Å². The minimum Gasteiger partial charge on any atom is -0.360 e. The summed E-state index contributed by atoms with van der Waals surface area (Å²) >= 11 is 0. The summed E-state index contributed by atoms with van der Waals surface area (Å²) in [5.74, 6) is -0.373. The van der Waals surface area contributed by atoms with E-state index in [4.69, 9.17) is 4.52 Å². The number of hydrogen-bond acceptors (Lipinski definition) is 5. The zero-order valence-corrected chi connectivity index (χ0v) is 16.5. The van der Waals surface area contributed by atoms with Crippen LogP contribution in [0.3, 0.4) is 0 Å². The van der Waals surface area contributed by atoms with Crippen molar-refractivity contribution >= 4 is 15.9 Å². The van der Waals surface area contributed by atoms with Crippen molar-refractivity contribution < 1.29 is 22.1 Å². The normalized spacial score (nSPS) is 25.0. The third-order valence-corrected chi connectivity index (χ3v) is 7.86. The maximum absolute atomic E-state index is 13.2. The van der Waals surface area contributed by atoms with E-state index in [2.05, 4.69) is 10.5 Å². The van der Waals surface area contributed by atoms with E-state index < -0.39 is 15.8 Å². The number of hydrogen-bond donors (Lipinski definition) is 1. The highest BCUT2D eigenvalue weighted by atomic mass is 32.2. The van der Waals surface area contributed by atoms with Gasteiger partial charge in [0.15, 0.2) is 5.76 Å². The summed E-state index contributed by atoms with van der Waals surface area (Å²) in [6.07, 6.45) is 2.62. The number of piperidine rings is 1. The van der Waals surface area contributed by atoms with Gasteiger partial charge in [0, 0.05) is 23.7 Å². The number of aryl methyl sites for hydroxylation is 2. The Kier molecular flexibility index (Phi) is 4.75. The number of sulfonamides is 1. The molecule has 2 aromatic rings. The molecule has 28 heavy (non-hydrogen) atoms. The van der Waals surface area contributed by atoms with Crippen LogP contribution in [0.5, 0.6) is 0 Å². The van der Waals surface area contributed by atoms with E-state index in [0.717, 1.165) is 12.8 Å². The summed E-state index contributed by atoms with van der Waals surface area (Å²) in [5.41, 5.74) is 0.753. The Morgan fingerprint density at radius 3 is 2.32 bits per heavy atom. The van der Waals surface area contributed by atoms with Gasteiger partial charge in [-0.25, -0.2) is 12.8 Å². The quantitative estimate of drug-likeness (QED) is 0.841. The summed E-state index contributed by atoms with van der Waals surface area (Å²) in [7, 11) is -3.70.